The van der Waals surface area contributed by atoms with Gasteiger partial charge in [-0.1, -0.05) is 23.7 Å². The van der Waals surface area contributed by atoms with E-state index in [9.17, 15) is 0 Å². The number of benzene rings is 1. The van der Waals surface area contributed by atoms with Gasteiger partial charge in [-0.15, -0.1) is 0 Å². The number of hydrogen-bond donors (Lipinski definition) is 1. The number of nitrogens with zero attached hydrogens (tertiary/aromatic N) is 3. The van der Waals surface area contributed by atoms with Crippen LogP contribution < -0.4 is 5.32 Å². The monoisotopic (exact) mass is 258 g/mol. The zero-order valence-electron chi connectivity index (χ0n) is 9.60. The van der Waals surface area contributed by atoms with Gasteiger partial charge in [-0.3, -0.25) is 0 Å². The summed E-state index contributed by atoms with van der Waals surface area (Å²) in [7, 11) is 0. The topological polar surface area (TPSA) is 49.1 Å². The average molecular weight is 259 g/mol. The van der Waals surface area contributed by atoms with E-state index in [1.807, 2.05) is 30.5 Å². The minimum Gasteiger partial charge on any atom is -0.383 e. The molecule has 1 aromatic carbocycles. The highest BCUT2D eigenvalue weighted by atomic mass is 35.5. The fourth-order valence-corrected chi connectivity index (χ4v) is 2.07. The number of hydrogen-bond acceptors (Lipinski definition) is 4. The number of allylic oxidation sites excluding steroid dienone is 1. The van der Waals surface area contributed by atoms with E-state index in [-0.39, 0.29) is 0 Å². The third kappa shape index (κ3) is 2.33. The van der Waals surface area contributed by atoms with Crippen LogP contribution >= 0.6 is 11.6 Å². The van der Waals surface area contributed by atoms with Gasteiger partial charge in [0.15, 0.2) is 5.84 Å². The largest absolute Gasteiger partial charge is 0.383 e. The van der Waals surface area contributed by atoms with Crippen LogP contribution in [0.4, 0.5) is 0 Å². The Balaban J connectivity index is 1.65. The summed E-state index contributed by atoms with van der Waals surface area (Å²) in [5, 5.41) is 4.09. The lowest BCUT2D eigenvalue weighted by Crippen LogP contribution is -2.21. The van der Waals surface area contributed by atoms with Crippen molar-refractivity contribution in [1.29, 1.82) is 0 Å². The quantitative estimate of drug-likeness (QED) is 0.890. The van der Waals surface area contributed by atoms with Gasteiger partial charge >= 0.3 is 0 Å². The first kappa shape index (κ1) is 11.2. The predicted molar refractivity (Wildman–Crippen MR) is 74.4 cm³/mol. The Morgan fingerprint density at radius 2 is 2.22 bits per heavy atom. The van der Waals surface area contributed by atoms with E-state index >= 15 is 0 Å². The van der Waals surface area contributed by atoms with Crippen molar-refractivity contribution in [2.75, 3.05) is 0 Å². The Kier molecular flexibility index (Phi) is 2.94. The number of fused-ring (bicyclic) bond motifs is 1. The van der Waals surface area contributed by atoms with Gasteiger partial charge in [0.2, 0.25) is 0 Å². The van der Waals surface area contributed by atoms with Gasteiger partial charge in [0.05, 0.1) is 5.71 Å². The second-order valence-electron chi connectivity index (χ2n) is 4.09. The third-order valence-electron chi connectivity index (χ3n) is 2.76. The lowest BCUT2D eigenvalue weighted by Gasteiger charge is -2.13. The Morgan fingerprint density at radius 3 is 3.11 bits per heavy atom. The molecule has 0 amide bonds. The normalized spacial score (nSPS) is 16.8. The van der Waals surface area contributed by atoms with Crippen LogP contribution in [0.5, 0.6) is 0 Å². The number of rotatable bonds is 3. The Bertz CT molecular complexity index is 599. The van der Waals surface area contributed by atoms with Gasteiger partial charge in [-0.25, -0.2) is 15.0 Å². The first-order valence-electron chi connectivity index (χ1n) is 5.66. The van der Waals surface area contributed by atoms with E-state index in [0.717, 1.165) is 40.8 Å². The van der Waals surface area contributed by atoms with E-state index < -0.39 is 0 Å². The van der Waals surface area contributed by atoms with Crippen molar-refractivity contribution in [2.24, 2.45) is 15.0 Å². The molecule has 5 heteroatoms. The molecule has 4 nitrogen and oxygen atoms in total. The highest BCUT2D eigenvalue weighted by molar-refractivity contribution is 6.47. The maximum absolute atomic E-state index is 5.94. The highest BCUT2D eigenvalue weighted by Gasteiger charge is 2.17. The van der Waals surface area contributed by atoms with Crippen LogP contribution in [0, 0.1) is 0 Å². The first-order valence-corrected chi connectivity index (χ1v) is 6.04. The number of nitrogens with one attached hydrogen (secondary N) is 1. The summed E-state index contributed by atoms with van der Waals surface area (Å²) >= 11 is 5.94. The summed E-state index contributed by atoms with van der Waals surface area (Å²) in [5.74, 6) is 0.725. The number of amidine groups is 1. The van der Waals surface area contributed by atoms with Gasteiger partial charge in [-0.2, -0.15) is 0 Å². The van der Waals surface area contributed by atoms with Crippen LogP contribution in [0.1, 0.15) is 12.0 Å². The van der Waals surface area contributed by atoms with Crippen molar-refractivity contribution in [1.82, 2.24) is 5.32 Å². The maximum Gasteiger partial charge on any atom is 0.175 e. The molecule has 0 unspecified atom stereocenters. The number of aliphatic imine (C=N–C) groups is 3. The summed E-state index contributed by atoms with van der Waals surface area (Å²) in [6, 6.07) is 7.79. The maximum atomic E-state index is 5.94. The van der Waals surface area contributed by atoms with Crippen molar-refractivity contribution in [2.45, 2.75) is 13.0 Å². The molecule has 2 heterocycles. The molecule has 0 saturated carbocycles. The highest BCUT2D eigenvalue weighted by Crippen LogP contribution is 2.14. The zero-order chi connectivity index (χ0) is 12.4. The molecule has 18 heavy (non-hydrogen) atoms. The molecule has 1 N–H and O–H groups in total. The molecule has 2 aliphatic rings. The summed E-state index contributed by atoms with van der Waals surface area (Å²) in [5.41, 5.74) is 3.11. The molecule has 0 bridgehead atoms. The van der Waals surface area contributed by atoms with E-state index in [4.69, 9.17) is 11.6 Å². The Morgan fingerprint density at radius 1 is 1.28 bits per heavy atom. The van der Waals surface area contributed by atoms with Crippen molar-refractivity contribution >= 4 is 29.5 Å². The van der Waals surface area contributed by atoms with Crippen LogP contribution in [0.15, 0.2) is 51.1 Å². The lowest BCUT2D eigenvalue weighted by atomic mass is 10.1. The van der Waals surface area contributed by atoms with E-state index in [2.05, 4.69) is 20.3 Å². The molecule has 0 atom stereocenters. The second-order valence-corrected chi connectivity index (χ2v) is 4.52. The number of halogens is 1. The smallest absolute Gasteiger partial charge is 0.175 e. The zero-order valence-corrected chi connectivity index (χ0v) is 10.4. The van der Waals surface area contributed by atoms with Gasteiger partial charge in [0.1, 0.15) is 6.34 Å². The van der Waals surface area contributed by atoms with E-state index in [1.54, 1.807) is 6.34 Å². The molecule has 0 spiro atoms. The molecule has 0 saturated heterocycles. The molecule has 3 rings (SSSR count). The van der Waals surface area contributed by atoms with E-state index in [1.165, 1.54) is 0 Å². The van der Waals surface area contributed by atoms with Crippen LogP contribution in [0.2, 0.25) is 5.02 Å². The molecule has 0 aliphatic carbocycles. The molecular formula is C13H11ClN4. The SMILES string of the molecule is Clc1cccc(CNC2=CN=C3N=CN=C3C2)c1. The standard InChI is InChI=1S/C13H11ClN4/c14-10-3-1-2-9(4-10)6-15-11-5-12-13(16-7-11)18-8-17-12/h1-4,7-8,15H,5-6H2. The van der Waals surface area contributed by atoms with Crippen molar-refractivity contribution in [3.8, 4) is 0 Å². The van der Waals surface area contributed by atoms with Crippen LogP contribution in [-0.4, -0.2) is 17.9 Å². The molecule has 90 valence electrons. The van der Waals surface area contributed by atoms with Crippen LogP contribution in [0.25, 0.3) is 0 Å². The molecule has 1 aromatic rings. The second kappa shape index (κ2) is 4.74. The molecular weight excluding hydrogens is 248 g/mol. The molecule has 0 fully saturated rings. The minimum absolute atomic E-state index is 0.725. The minimum atomic E-state index is 0.725. The Labute approximate surface area is 110 Å². The third-order valence-corrected chi connectivity index (χ3v) is 3.00. The van der Waals surface area contributed by atoms with Crippen molar-refractivity contribution in [3.63, 3.8) is 0 Å². The molecule has 0 aromatic heterocycles. The van der Waals surface area contributed by atoms with Crippen molar-refractivity contribution < 1.29 is 0 Å². The first-order chi connectivity index (χ1) is 8.81. The van der Waals surface area contributed by atoms with Crippen molar-refractivity contribution in [3.05, 3.63) is 46.7 Å². The van der Waals surface area contributed by atoms with Gasteiger partial charge in [0, 0.05) is 29.9 Å². The van der Waals surface area contributed by atoms with Crippen LogP contribution in [0.3, 0.4) is 0 Å². The fraction of sp³-hybridized carbons (Fsp3) is 0.154. The predicted octanol–water partition coefficient (Wildman–Crippen LogP) is 2.56. The van der Waals surface area contributed by atoms with E-state index in [0.29, 0.717) is 0 Å². The lowest BCUT2D eigenvalue weighted by molar-refractivity contribution is 0.791. The summed E-state index contributed by atoms with van der Waals surface area (Å²) in [6.45, 7) is 0.728. The Hall–Kier alpha value is -1.94. The van der Waals surface area contributed by atoms with Gasteiger partial charge < -0.3 is 5.32 Å². The summed E-state index contributed by atoms with van der Waals surface area (Å²) in [6.07, 6.45) is 4.10. The van der Waals surface area contributed by atoms with Crippen LogP contribution in [-0.2, 0) is 6.54 Å². The average Bonchev–Trinajstić information content (AvgIpc) is 2.84. The fourth-order valence-electron chi connectivity index (χ4n) is 1.85. The molecule has 0 radical (unpaired) electrons. The summed E-state index contributed by atoms with van der Waals surface area (Å²) < 4.78 is 0. The van der Waals surface area contributed by atoms with Gasteiger partial charge in [-0.05, 0) is 17.7 Å². The summed E-state index contributed by atoms with van der Waals surface area (Å²) in [4.78, 5) is 12.5. The molecule has 2 aliphatic heterocycles. The van der Waals surface area contributed by atoms with Gasteiger partial charge in [0.25, 0.3) is 0 Å².